The molecule has 1 amide bonds. The lowest BCUT2D eigenvalue weighted by atomic mass is 9.33. The van der Waals surface area contributed by atoms with Gasteiger partial charge in [-0.25, -0.2) is 0 Å². The number of Topliss-reactive ketones (excluding diaryl/α,β-unsaturated/α-hetero) is 1. The van der Waals surface area contributed by atoms with Crippen LogP contribution in [0.25, 0.3) is 0 Å². The number of amides is 1. The van der Waals surface area contributed by atoms with E-state index >= 15 is 0 Å². The van der Waals surface area contributed by atoms with E-state index in [1.54, 1.807) is 13.8 Å². The zero-order valence-electron chi connectivity index (χ0n) is 32.3. The van der Waals surface area contributed by atoms with Crippen LogP contribution in [0.3, 0.4) is 0 Å². The molecular weight excluding hydrogens is 626 g/mol. The molecule has 0 unspecified atom stereocenters. The van der Waals surface area contributed by atoms with Crippen molar-refractivity contribution in [3.8, 4) is 0 Å². The number of aryl methyl sites for hydroxylation is 1. The van der Waals surface area contributed by atoms with Crippen molar-refractivity contribution in [1.29, 1.82) is 0 Å². The van der Waals surface area contributed by atoms with Gasteiger partial charge in [-0.05, 0) is 141 Å². The first-order valence-corrected chi connectivity index (χ1v) is 19.2. The van der Waals surface area contributed by atoms with Gasteiger partial charge in [0.15, 0.2) is 5.78 Å². The van der Waals surface area contributed by atoms with Crippen molar-refractivity contribution in [1.82, 2.24) is 0 Å². The zero-order chi connectivity index (χ0) is 36.8. The van der Waals surface area contributed by atoms with E-state index in [1.807, 2.05) is 31.2 Å². The Hall–Kier alpha value is -2.96. The third kappa shape index (κ3) is 5.33. The van der Waals surface area contributed by atoms with Crippen LogP contribution >= 0.6 is 0 Å². The van der Waals surface area contributed by atoms with Crippen LogP contribution in [0.2, 0.25) is 0 Å². The van der Waals surface area contributed by atoms with E-state index in [-0.39, 0.29) is 64.1 Å². The molecule has 7 nitrogen and oxygen atoms in total. The molecule has 4 saturated carbocycles. The van der Waals surface area contributed by atoms with Gasteiger partial charge in [0.1, 0.15) is 6.10 Å². The molecule has 7 heteroatoms. The molecule has 1 aromatic rings. The monoisotopic (exact) mass is 687 g/mol. The molecule has 0 aliphatic heterocycles. The van der Waals surface area contributed by atoms with E-state index in [2.05, 4.69) is 53.8 Å². The van der Waals surface area contributed by atoms with Crippen molar-refractivity contribution in [3.63, 3.8) is 0 Å². The Kier molecular flexibility index (Phi) is 8.87. The second-order valence-corrected chi connectivity index (χ2v) is 19.3. The predicted molar refractivity (Wildman–Crippen MR) is 195 cm³/mol. The number of benzene rings is 1. The predicted octanol–water partition coefficient (Wildman–Crippen LogP) is 9.33. The number of ketones is 1. The van der Waals surface area contributed by atoms with Crippen LogP contribution in [0.15, 0.2) is 35.4 Å². The number of aliphatic carboxylic acids is 1. The van der Waals surface area contributed by atoms with Crippen LogP contribution in [0.4, 0.5) is 5.69 Å². The number of fused-ring (bicyclic) bond motifs is 7. The molecule has 50 heavy (non-hydrogen) atoms. The van der Waals surface area contributed by atoms with E-state index in [0.29, 0.717) is 18.3 Å². The van der Waals surface area contributed by atoms with E-state index in [0.717, 1.165) is 67.3 Å². The van der Waals surface area contributed by atoms with Crippen LogP contribution in [-0.4, -0.2) is 34.8 Å². The van der Waals surface area contributed by atoms with Crippen molar-refractivity contribution in [2.24, 2.45) is 56.2 Å². The van der Waals surface area contributed by atoms with Crippen molar-refractivity contribution in [3.05, 3.63) is 41.0 Å². The minimum atomic E-state index is -1.17. The number of anilines is 1. The van der Waals surface area contributed by atoms with Gasteiger partial charge >= 0.3 is 11.9 Å². The fourth-order valence-corrected chi connectivity index (χ4v) is 12.7. The van der Waals surface area contributed by atoms with Crippen LogP contribution in [-0.2, 0) is 23.9 Å². The lowest BCUT2D eigenvalue weighted by Gasteiger charge is -2.72. The lowest BCUT2D eigenvalue weighted by molar-refractivity contribution is -0.233. The first-order chi connectivity index (χ1) is 23.1. The topological polar surface area (TPSA) is 110 Å². The summed E-state index contributed by atoms with van der Waals surface area (Å²) in [5, 5.41) is 12.9. The molecule has 6 rings (SSSR count). The minimum Gasteiger partial charge on any atom is -0.481 e. The molecule has 1 aromatic carbocycles. The normalized spacial score (nSPS) is 37.7. The average Bonchev–Trinajstić information content (AvgIpc) is 3.32. The summed E-state index contributed by atoms with van der Waals surface area (Å²) < 4.78 is 6.15. The smallest absolute Gasteiger partial charge is 0.309 e. The fourth-order valence-electron chi connectivity index (χ4n) is 12.7. The molecule has 4 fully saturated rings. The number of rotatable bonds is 7. The van der Waals surface area contributed by atoms with E-state index < -0.39 is 22.8 Å². The number of nitrogens with one attached hydrogen (secondary N) is 1. The Morgan fingerprint density at radius 3 is 2.28 bits per heavy atom. The maximum absolute atomic E-state index is 14.5. The highest BCUT2D eigenvalue weighted by atomic mass is 16.5. The third-order valence-electron chi connectivity index (χ3n) is 15.5. The minimum absolute atomic E-state index is 0.0199. The average molecular weight is 688 g/mol. The molecule has 0 aromatic heterocycles. The quantitative estimate of drug-likeness (QED) is 0.277. The van der Waals surface area contributed by atoms with Crippen LogP contribution < -0.4 is 5.32 Å². The summed E-state index contributed by atoms with van der Waals surface area (Å²) >= 11 is 0. The number of carbonyl (C=O) groups excluding carboxylic acids is 3. The highest BCUT2D eigenvalue weighted by Crippen LogP contribution is 2.76. The van der Waals surface area contributed by atoms with Crippen molar-refractivity contribution in [2.45, 2.75) is 140 Å². The SMILES string of the molecule is Cc1cccc(NC(=O)[C@@]23CC[C@]4(C)[C@H](CC[C@@H]5[C@@]6(C)CC[C@H](OC(=O)CC(C)(C)C(=O)O)C(C)(C)[C@@H]6CC[C@]54C)C2=C(C(C)C)C(=O)C3)c1. The summed E-state index contributed by atoms with van der Waals surface area (Å²) in [5.41, 5.74) is 1.73. The van der Waals surface area contributed by atoms with Crippen LogP contribution in [0.1, 0.15) is 132 Å². The standard InChI is InChI=1S/C43H61NO6/c1-25(2)34-29(45)23-43(36(47)44-27-13-11-12-26(3)22-27)21-20-41(9)28(35(34)43)14-15-31-40(8)18-17-32(50-33(46)24-38(4,5)37(48)49)39(6,7)30(40)16-19-42(31,41)10/h11-13,22,25,28,30-32H,14-21,23-24H2,1-10H3,(H,44,47)(H,48,49)/t28-,30+,31-,32+,40+,41-,42-,43-/m1/s1. The second kappa shape index (κ2) is 12.0. The highest BCUT2D eigenvalue weighted by molar-refractivity contribution is 6.10. The van der Waals surface area contributed by atoms with Gasteiger partial charge in [-0.1, -0.05) is 60.6 Å². The maximum Gasteiger partial charge on any atom is 0.309 e. The number of hydrogen-bond donors (Lipinski definition) is 2. The number of hydrogen-bond acceptors (Lipinski definition) is 5. The Balaban J connectivity index is 1.31. The number of ether oxygens (including phenoxy) is 1. The van der Waals surface area contributed by atoms with Gasteiger partial charge in [0.2, 0.25) is 5.91 Å². The van der Waals surface area contributed by atoms with Gasteiger partial charge in [0.05, 0.1) is 17.3 Å². The van der Waals surface area contributed by atoms with Gasteiger partial charge in [-0.15, -0.1) is 0 Å². The summed E-state index contributed by atoms with van der Waals surface area (Å²) in [6.45, 7) is 21.5. The first kappa shape index (κ1) is 36.8. The number of carboxylic acids is 1. The van der Waals surface area contributed by atoms with Gasteiger partial charge in [-0.2, -0.15) is 0 Å². The van der Waals surface area contributed by atoms with E-state index in [1.165, 1.54) is 0 Å². The summed E-state index contributed by atoms with van der Waals surface area (Å²) in [4.78, 5) is 53.3. The summed E-state index contributed by atoms with van der Waals surface area (Å²) in [7, 11) is 0. The van der Waals surface area contributed by atoms with Gasteiger partial charge in [0.25, 0.3) is 0 Å². The van der Waals surface area contributed by atoms with E-state index in [4.69, 9.17) is 4.74 Å². The first-order valence-electron chi connectivity index (χ1n) is 19.2. The Morgan fingerprint density at radius 1 is 0.940 bits per heavy atom. The van der Waals surface area contributed by atoms with Gasteiger partial charge < -0.3 is 15.2 Å². The molecule has 0 heterocycles. The third-order valence-corrected chi connectivity index (χ3v) is 15.5. The molecule has 8 atom stereocenters. The molecule has 5 aliphatic carbocycles. The Morgan fingerprint density at radius 2 is 1.64 bits per heavy atom. The van der Waals surface area contributed by atoms with Crippen molar-refractivity contribution in [2.75, 3.05) is 5.32 Å². The summed E-state index contributed by atoms with van der Waals surface area (Å²) in [5.74, 6) is -0.230. The summed E-state index contributed by atoms with van der Waals surface area (Å²) in [6.07, 6.45) is 7.33. The number of carboxylic acid groups (broad SMARTS) is 1. The van der Waals surface area contributed by atoms with Crippen molar-refractivity contribution >= 4 is 29.3 Å². The molecule has 0 spiro atoms. The van der Waals surface area contributed by atoms with Gasteiger partial charge in [-0.3, -0.25) is 19.2 Å². The zero-order valence-corrected chi connectivity index (χ0v) is 32.3. The Bertz CT molecular complexity index is 1640. The largest absolute Gasteiger partial charge is 0.481 e. The molecule has 0 radical (unpaired) electrons. The van der Waals surface area contributed by atoms with E-state index in [9.17, 15) is 24.3 Å². The molecule has 0 bridgehead atoms. The fraction of sp³-hybridized carbons (Fsp3) is 0.721. The molecule has 0 saturated heterocycles. The molecule has 5 aliphatic rings. The number of esters is 1. The summed E-state index contributed by atoms with van der Waals surface area (Å²) in [6, 6.07) is 7.94. The van der Waals surface area contributed by atoms with Crippen LogP contribution in [0, 0.1) is 63.1 Å². The lowest BCUT2D eigenvalue weighted by Crippen LogP contribution is -2.66. The number of carbonyl (C=O) groups is 4. The maximum atomic E-state index is 14.5. The van der Waals surface area contributed by atoms with Crippen molar-refractivity contribution < 1.29 is 29.0 Å². The van der Waals surface area contributed by atoms with Crippen LogP contribution in [0.5, 0.6) is 0 Å². The molecule has 274 valence electrons. The second-order valence-electron chi connectivity index (χ2n) is 19.3. The number of allylic oxidation sites excluding steroid dienone is 1. The Labute approximate surface area is 299 Å². The molecular formula is C43H61NO6. The highest BCUT2D eigenvalue weighted by Gasteiger charge is 2.71. The van der Waals surface area contributed by atoms with Gasteiger partial charge in [0, 0.05) is 17.5 Å². The molecule has 2 N–H and O–H groups in total.